The van der Waals surface area contributed by atoms with Gasteiger partial charge < -0.3 is 30.5 Å². The minimum absolute atomic E-state index is 0.0256. The molecular weight excluding hydrogens is 394 g/mol. The van der Waals surface area contributed by atoms with Gasteiger partial charge in [-0.25, -0.2) is 14.6 Å². The summed E-state index contributed by atoms with van der Waals surface area (Å²) in [6, 6.07) is -0.641. The van der Waals surface area contributed by atoms with Gasteiger partial charge in [0.1, 0.15) is 30.0 Å². The Kier molecular flexibility index (Phi) is 5.78. The van der Waals surface area contributed by atoms with Gasteiger partial charge in [0, 0.05) is 6.42 Å². The lowest BCUT2D eigenvalue weighted by atomic mass is 10.1. The predicted molar refractivity (Wildman–Crippen MR) is 92.8 cm³/mol. The molecule has 0 spiro atoms. The summed E-state index contributed by atoms with van der Waals surface area (Å²) >= 11 is 0. The van der Waals surface area contributed by atoms with Gasteiger partial charge in [0.2, 0.25) is 5.91 Å². The monoisotopic (exact) mass is 413 g/mol. The first-order valence-corrected chi connectivity index (χ1v) is 8.56. The highest BCUT2D eigenvalue weighted by Gasteiger charge is 2.43. The van der Waals surface area contributed by atoms with Crippen LogP contribution in [0.25, 0.3) is 11.2 Å². The number of carbonyl (C=O) groups excluding carboxylic acids is 1. The smallest absolute Gasteiger partial charge is 0.327 e. The number of aromatic amines is 2. The average molecular weight is 413 g/mol. The molecule has 0 radical (unpaired) electrons. The molecule has 7 N–H and O–H groups in total. The van der Waals surface area contributed by atoms with E-state index in [4.69, 9.17) is 14.9 Å². The van der Waals surface area contributed by atoms with Crippen molar-refractivity contribution in [2.75, 3.05) is 6.61 Å². The third-order valence-corrected chi connectivity index (χ3v) is 4.55. The second kappa shape index (κ2) is 8.12. The highest BCUT2D eigenvalue weighted by atomic mass is 16.6. The topological polar surface area (TPSA) is 220 Å². The fourth-order valence-corrected chi connectivity index (χ4v) is 3.05. The number of hydrogen-bond acceptors (Lipinski definition) is 9. The van der Waals surface area contributed by atoms with Crippen LogP contribution in [0.5, 0.6) is 0 Å². The molecule has 0 aromatic carbocycles. The summed E-state index contributed by atoms with van der Waals surface area (Å²) in [6.07, 6.45) is -2.66. The third kappa shape index (κ3) is 4.04. The lowest BCUT2D eigenvalue weighted by Gasteiger charge is -2.16. The van der Waals surface area contributed by atoms with Crippen molar-refractivity contribution in [1.82, 2.24) is 24.8 Å². The number of amides is 1. The van der Waals surface area contributed by atoms with Crippen molar-refractivity contribution in [3.63, 3.8) is 0 Å². The molecule has 14 nitrogen and oxygen atoms in total. The molecule has 158 valence electrons. The molecule has 14 heteroatoms. The van der Waals surface area contributed by atoms with E-state index >= 15 is 0 Å². The number of aromatic nitrogens is 4. The van der Waals surface area contributed by atoms with Gasteiger partial charge >= 0.3 is 11.7 Å². The summed E-state index contributed by atoms with van der Waals surface area (Å²) in [6.45, 7) is -0.474. The van der Waals surface area contributed by atoms with E-state index in [1.165, 1.54) is 10.9 Å². The maximum absolute atomic E-state index is 11.6. The zero-order valence-electron chi connectivity index (χ0n) is 14.8. The number of aliphatic hydroxyl groups excluding tert-OH is 3. The maximum Gasteiger partial charge on any atom is 0.327 e. The number of aliphatic hydroxyl groups is 3. The van der Waals surface area contributed by atoms with Crippen LogP contribution in [0, 0.1) is 0 Å². The molecule has 29 heavy (non-hydrogen) atoms. The van der Waals surface area contributed by atoms with Crippen molar-refractivity contribution >= 4 is 23.0 Å². The van der Waals surface area contributed by atoms with Crippen LogP contribution in [-0.2, 0) is 14.3 Å². The van der Waals surface area contributed by atoms with Crippen molar-refractivity contribution in [2.45, 2.75) is 43.4 Å². The fraction of sp³-hybridized carbons (Fsp3) is 0.533. The number of imidazole rings is 1. The summed E-state index contributed by atoms with van der Waals surface area (Å²) in [5.74, 6) is -1.11. The van der Waals surface area contributed by atoms with Crippen LogP contribution in [-0.4, -0.2) is 82.8 Å². The van der Waals surface area contributed by atoms with E-state index in [9.17, 15) is 29.4 Å². The number of nitrogens with one attached hydrogen (secondary N) is 3. The first-order valence-electron chi connectivity index (χ1n) is 8.56. The Bertz CT molecular complexity index is 1030. The molecule has 0 bridgehead atoms. The lowest BCUT2D eigenvalue weighted by molar-refractivity contribution is -0.140. The molecule has 5 atom stereocenters. The van der Waals surface area contributed by atoms with Gasteiger partial charge in [0.25, 0.3) is 5.56 Å². The Morgan fingerprint density at radius 1 is 1.24 bits per heavy atom. The van der Waals surface area contributed by atoms with E-state index in [0.717, 1.165) is 0 Å². The van der Waals surface area contributed by atoms with E-state index in [2.05, 4.69) is 15.3 Å². The van der Waals surface area contributed by atoms with Crippen molar-refractivity contribution in [2.24, 2.45) is 0 Å². The number of carboxylic acid groups (broad SMARTS) is 1. The molecule has 1 unspecified atom stereocenters. The van der Waals surface area contributed by atoms with Crippen molar-refractivity contribution in [1.29, 1.82) is 0 Å². The molecule has 2 aliphatic heterocycles. The fourth-order valence-electron chi connectivity index (χ4n) is 3.05. The Balaban J connectivity index is 0.000000224. The predicted octanol–water partition coefficient (Wildman–Crippen LogP) is -3.63. The molecule has 0 aliphatic carbocycles. The standard InChI is InChI=1S/C10H12N4O6.C5H7NO3/c15-1-3-5(16)6(17)9(20-3)14-2-11-4-7(14)12-10(19)13-8(4)18;7-4-2-1-3(6-4)5(8)9/h2-3,5-6,9,15-17H,1H2,(H2,12,13,18,19);3H,1-2H2,(H,6,7)(H,8,9)/t3-,5-,6-,9-;/m1./s1. The van der Waals surface area contributed by atoms with Gasteiger partial charge in [0.05, 0.1) is 12.9 Å². The number of ether oxygens (including phenoxy) is 1. The number of nitrogens with zero attached hydrogens (tertiary/aromatic N) is 2. The van der Waals surface area contributed by atoms with Crippen LogP contribution in [0.4, 0.5) is 0 Å². The molecule has 0 saturated carbocycles. The minimum atomic E-state index is -1.33. The number of carbonyl (C=O) groups is 2. The first-order chi connectivity index (χ1) is 13.7. The second-order valence-corrected chi connectivity index (χ2v) is 6.48. The Morgan fingerprint density at radius 3 is 2.48 bits per heavy atom. The Labute approximate surface area is 160 Å². The number of rotatable bonds is 3. The molecule has 4 rings (SSSR count). The highest BCUT2D eigenvalue weighted by Crippen LogP contribution is 2.30. The Morgan fingerprint density at radius 2 is 1.97 bits per heavy atom. The highest BCUT2D eigenvalue weighted by molar-refractivity contribution is 5.87. The number of fused-ring (bicyclic) bond motifs is 1. The zero-order valence-corrected chi connectivity index (χ0v) is 14.8. The van der Waals surface area contributed by atoms with Gasteiger partial charge in [-0.2, -0.15) is 0 Å². The first kappa shape index (κ1) is 20.7. The van der Waals surface area contributed by atoms with Gasteiger partial charge in [-0.15, -0.1) is 0 Å². The molecule has 2 saturated heterocycles. The molecule has 2 aliphatic rings. The van der Waals surface area contributed by atoms with E-state index in [-0.39, 0.29) is 17.1 Å². The molecule has 2 aromatic heterocycles. The largest absolute Gasteiger partial charge is 0.480 e. The summed E-state index contributed by atoms with van der Waals surface area (Å²) in [5, 5.41) is 39.3. The number of carboxylic acids is 1. The minimum Gasteiger partial charge on any atom is -0.480 e. The maximum atomic E-state index is 11.6. The number of hydrogen-bond donors (Lipinski definition) is 7. The van der Waals surface area contributed by atoms with Crippen LogP contribution in [0.2, 0.25) is 0 Å². The van der Waals surface area contributed by atoms with E-state index < -0.39 is 54.4 Å². The number of aliphatic carboxylic acids is 1. The summed E-state index contributed by atoms with van der Waals surface area (Å²) in [5.41, 5.74) is -1.36. The van der Waals surface area contributed by atoms with Gasteiger partial charge in [-0.3, -0.25) is 24.1 Å². The molecule has 2 fully saturated rings. The van der Waals surface area contributed by atoms with E-state index in [0.29, 0.717) is 12.8 Å². The summed E-state index contributed by atoms with van der Waals surface area (Å²) < 4.78 is 6.54. The summed E-state index contributed by atoms with van der Waals surface area (Å²) in [7, 11) is 0. The third-order valence-electron chi connectivity index (χ3n) is 4.55. The van der Waals surface area contributed by atoms with E-state index in [1.54, 1.807) is 0 Å². The molecule has 4 heterocycles. The van der Waals surface area contributed by atoms with Crippen molar-refractivity contribution in [3.05, 3.63) is 27.2 Å². The molecule has 1 amide bonds. The van der Waals surface area contributed by atoms with E-state index in [1.807, 2.05) is 4.98 Å². The Hall–Kier alpha value is -3.07. The quantitative estimate of drug-likeness (QED) is 0.262. The van der Waals surface area contributed by atoms with Crippen LogP contribution in [0.15, 0.2) is 15.9 Å². The van der Waals surface area contributed by atoms with Crippen LogP contribution in [0.3, 0.4) is 0 Å². The molecular formula is C15H19N5O9. The SMILES string of the molecule is O=C1CCC(C(=O)O)N1.O=c1[nH]c(=O)c2ncn([C@@H]3O[C@H](CO)[C@@H](O)[C@H]3O)c2[nH]1. The normalized spacial score (nSPS) is 28.8. The number of H-pyrrole nitrogens is 2. The van der Waals surface area contributed by atoms with Gasteiger partial charge in [-0.05, 0) is 6.42 Å². The zero-order chi connectivity index (χ0) is 21.3. The van der Waals surface area contributed by atoms with Gasteiger partial charge in [0.15, 0.2) is 11.7 Å². The van der Waals surface area contributed by atoms with Crippen molar-refractivity contribution in [3.8, 4) is 0 Å². The average Bonchev–Trinajstić information content (AvgIpc) is 3.35. The van der Waals surface area contributed by atoms with Crippen LogP contribution < -0.4 is 16.6 Å². The van der Waals surface area contributed by atoms with Crippen LogP contribution >= 0.6 is 0 Å². The molecule has 2 aromatic rings. The van der Waals surface area contributed by atoms with Crippen LogP contribution in [0.1, 0.15) is 19.1 Å². The van der Waals surface area contributed by atoms with Gasteiger partial charge in [-0.1, -0.05) is 0 Å². The lowest BCUT2D eigenvalue weighted by Crippen LogP contribution is -2.33. The summed E-state index contributed by atoms with van der Waals surface area (Å²) in [4.78, 5) is 51.6. The van der Waals surface area contributed by atoms with Crippen molar-refractivity contribution < 1.29 is 34.8 Å². The second-order valence-electron chi connectivity index (χ2n) is 6.48.